The molecule has 5 heteroatoms. The van der Waals surface area contributed by atoms with Gasteiger partial charge >= 0.3 is 5.97 Å². The number of rotatable bonds is 6. The summed E-state index contributed by atoms with van der Waals surface area (Å²) in [7, 11) is 0. The molecular weight excluding hydrogens is 238 g/mol. The highest BCUT2D eigenvalue weighted by Gasteiger charge is 2.22. The zero-order valence-corrected chi connectivity index (χ0v) is 10.8. The molecule has 0 bridgehead atoms. The smallest absolute Gasteiger partial charge is 0.326 e. The van der Waals surface area contributed by atoms with Crippen LogP contribution < -0.4 is 5.32 Å². The molecule has 17 heavy (non-hydrogen) atoms. The molecule has 1 unspecified atom stereocenters. The van der Waals surface area contributed by atoms with Crippen LogP contribution in [0.1, 0.15) is 25.8 Å². The van der Waals surface area contributed by atoms with Gasteiger partial charge < -0.3 is 10.4 Å². The molecule has 0 radical (unpaired) electrons. The summed E-state index contributed by atoms with van der Waals surface area (Å²) in [4.78, 5) is 22.5. The number of carboxylic acids is 1. The second-order valence-electron chi connectivity index (χ2n) is 4.26. The Morgan fingerprint density at radius 1 is 1.47 bits per heavy atom. The zero-order chi connectivity index (χ0) is 12.8. The third-order valence-corrected chi connectivity index (χ3v) is 3.20. The highest BCUT2D eigenvalue weighted by atomic mass is 32.1. The topological polar surface area (TPSA) is 66.4 Å². The maximum atomic E-state index is 11.6. The predicted octanol–water partition coefficient (Wildman–Crippen LogP) is 1.91. The van der Waals surface area contributed by atoms with Crippen LogP contribution in [0.25, 0.3) is 0 Å². The van der Waals surface area contributed by atoms with Crippen LogP contribution in [0.4, 0.5) is 0 Å². The summed E-state index contributed by atoms with van der Waals surface area (Å²) in [6.45, 7) is 3.55. The third kappa shape index (κ3) is 4.56. The minimum atomic E-state index is -0.983. The summed E-state index contributed by atoms with van der Waals surface area (Å²) in [5, 5.41) is 15.4. The molecule has 0 aliphatic rings. The van der Waals surface area contributed by atoms with Crippen LogP contribution in [-0.4, -0.2) is 23.0 Å². The average molecular weight is 255 g/mol. The highest BCUT2D eigenvalue weighted by Crippen LogP contribution is 2.09. The number of carbonyl (C=O) groups is 2. The Hall–Kier alpha value is -1.36. The van der Waals surface area contributed by atoms with Crippen molar-refractivity contribution >= 4 is 23.2 Å². The van der Waals surface area contributed by atoms with Gasteiger partial charge in [0.25, 0.3) is 0 Å². The number of carbonyl (C=O) groups excluding carboxylic acids is 1. The van der Waals surface area contributed by atoms with Gasteiger partial charge in [-0.25, -0.2) is 4.79 Å². The van der Waals surface area contributed by atoms with Crippen LogP contribution >= 0.6 is 11.3 Å². The molecule has 0 aromatic carbocycles. The molecule has 1 atom stereocenters. The van der Waals surface area contributed by atoms with Gasteiger partial charge in [-0.15, -0.1) is 0 Å². The summed E-state index contributed by atoms with van der Waals surface area (Å²) < 4.78 is 0. The molecule has 0 aliphatic heterocycles. The minimum absolute atomic E-state index is 0.113. The monoisotopic (exact) mass is 255 g/mol. The Morgan fingerprint density at radius 2 is 2.18 bits per heavy atom. The van der Waals surface area contributed by atoms with E-state index in [-0.39, 0.29) is 11.8 Å². The first kappa shape index (κ1) is 13.7. The van der Waals surface area contributed by atoms with Crippen molar-refractivity contribution in [2.75, 3.05) is 0 Å². The van der Waals surface area contributed by atoms with Gasteiger partial charge in [0.05, 0.1) is 0 Å². The molecule has 1 heterocycles. The molecule has 4 nitrogen and oxygen atoms in total. The number of carboxylic acid groups (broad SMARTS) is 1. The first-order valence-electron chi connectivity index (χ1n) is 5.54. The third-order valence-electron chi connectivity index (χ3n) is 2.47. The molecular formula is C12H17NO3S. The first-order valence-corrected chi connectivity index (χ1v) is 6.48. The van der Waals surface area contributed by atoms with E-state index in [4.69, 9.17) is 5.11 Å². The Labute approximate surface area is 105 Å². The molecule has 1 rings (SSSR count). The Balaban J connectivity index is 2.40. The first-order chi connectivity index (χ1) is 8.00. The molecule has 94 valence electrons. The van der Waals surface area contributed by atoms with E-state index in [1.54, 1.807) is 25.2 Å². The average Bonchev–Trinajstić information content (AvgIpc) is 2.74. The van der Waals surface area contributed by atoms with Crippen LogP contribution in [0, 0.1) is 5.92 Å². The van der Waals surface area contributed by atoms with Crippen LogP contribution in [0.2, 0.25) is 0 Å². The van der Waals surface area contributed by atoms with Crippen molar-refractivity contribution in [3.05, 3.63) is 22.4 Å². The standard InChI is InChI=1S/C12H17NO3S/c1-8(2)11(12(15)16)13-10(14)4-3-9-5-6-17-7-9/h5-8,11H,3-4H2,1-2H3,(H,13,14)(H,15,16). The van der Waals surface area contributed by atoms with Gasteiger partial charge in [-0.1, -0.05) is 13.8 Å². The molecule has 0 saturated heterocycles. The molecule has 0 spiro atoms. The molecule has 2 N–H and O–H groups in total. The molecule has 1 aromatic heterocycles. The van der Waals surface area contributed by atoms with E-state index in [9.17, 15) is 9.59 Å². The van der Waals surface area contributed by atoms with E-state index in [1.807, 2.05) is 16.8 Å². The lowest BCUT2D eigenvalue weighted by atomic mass is 10.0. The van der Waals surface area contributed by atoms with E-state index in [0.717, 1.165) is 5.56 Å². The Morgan fingerprint density at radius 3 is 2.65 bits per heavy atom. The van der Waals surface area contributed by atoms with Gasteiger partial charge in [0.2, 0.25) is 5.91 Å². The number of nitrogens with one attached hydrogen (secondary N) is 1. The Kier molecular flexibility index (Phi) is 5.15. The fourth-order valence-electron chi connectivity index (χ4n) is 1.45. The second kappa shape index (κ2) is 6.39. The van der Waals surface area contributed by atoms with E-state index in [2.05, 4.69) is 5.32 Å². The molecule has 0 fully saturated rings. The van der Waals surface area contributed by atoms with Gasteiger partial charge in [0, 0.05) is 6.42 Å². The van der Waals surface area contributed by atoms with Crippen molar-refractivity contribution in [1.82, 2.24) is 5.32 Å². The molecule has 1 aromatic rings. The number of amides is 1. The van der Waals surface area contributed by atoms with E-state index in [0.29, 0.717) is 12.8 Å². The van der Waals surface area contributed by atoms with Gasteiger partial charge in [-0.05, 0) is 34.7 Å². The predicted molar refractivity (Wildman–Crippen MR) is 67.0 cm³/mol. The lowest BCUT2D eigenvalue weighted by Crippen LogP contribution is -2.44. The van der Waals surface area contributed by atoms with E-state index in [1.165, 1.54) is 0 Å². The molecule has 1 amide bonds. The van der Waals surface area contributed by atoms with Crippen molar-refractivity contribution in [1.29, 1.82) is 0 Å². The maximum Gasteiger partial charge on any atom is 0.326 e. The lowest BCUT2D eigenvalue weighted by molar-refractivity contribution is -0.143. The number of hydrogen-bond acceptors (Lipinski definition) is 3. The summed E-state index contributed by atoms with van der Waals surface area (Å²) in [6, 6.07) is 1.17. The normalized spacial score (nSPS) is 12.4. The van der Waals surface area contributed by atoms with Crippen molar-refractivity contribution in [3.63, 3.8) is 0 Å². The van der Waals surface area contributed by atoms with Crippen LogP contribution in [0.15, 0.2) is 16.8 Å². The van der Waals surface area contributed by atoms with Gasteiger partial charge in [0.1, 0.15) is 6.04 Å². The van der Waals surface area contributed by atoms with Crippen molar-refractivity contribution in [2.45, 2.75) is 32.7 Å². The maximum absolute atomic E-state index is 11.6. The summed E-state index contributed by atoms with van der Waals surface area (Å²) in [5.74, 6) is -1.31. The number of hydrogen-bond donors (Lipinski definition) is 2. The van der Waals surface area contributed by atoms with Crippen molar-refractivity contribution < 1.29 is 14.7 Å². The van der Waals surface area contributed by atoms with Gasteiger partial charge in [0.15, 0.2) is 0 Å². The summed E-state index contributed by atoms with van der Waals surface area (Å²) in [5.41, 5.74) is 1.11. The zero-order valence-electron chi connectivity index (χ0n) is 9.97. The quantitative estimate of drug-likeness (QED) is 0.816. The van der Waals surface area contributed by atoms with Crippen LogP contribution in [-0.2, 0) is 16.0 Å². The number of aryl methyl sites for hydroxylation is 1. The lowest BCUT2D eigenvalue weighted by Gasteiger charge is -2.17. The minimum Gasteiger partial charge on any atom is -0.480 e. The van der Waals surface area contributed by atoms with Crippen LogP contribution in [0.5, 0.6) is 0 Å². The largest absolute Gasteiger partial charge is 0.480 e. The molecule has 0 aliphatic carbocycles. The van der Waals surface area contributed by atoms with Gasteiger partial charge in [-0.2, -0.15) is 11.3 Å². The second-order valence-corrected chi connectivity index (χ2v) is 5.04. The summed E-state index contributed by atoms with van der Waals surface area (Å²) >= 11 is 1.59. The number of thiophene rings is 1. The highest BCUT2D eigenvalue weighted by molar-refractivity contribution is 7.07. The fraction of sp³-hybridized carbons (Fsp3) is 0.500. The van der Waals surface area contributed by atoms with E-state index >= 15 is 0 Å². The molecule has 0 saturated carbocycles. The number of aliphatic carboxylic acids is 1. The van der Waals surface area contributed by atoms with E-state index < -0.39 is 12.0 Å². The van der Waals surface area contributed by atoms with Crippen LogP contribution in [0.3, 0.4) is 0 Å². The SMILES string of the molecule is CC(C)C(NC(=O)CCc1ccsc1)C(=O)O. The van der Waals surface area contributed by atoms with Gasteiger partial charge in [-0.3, -0.25) is 4.79 Å². The fourth-order valence-corrected chi connectivity index (χ4v) is 2.16. The Bertz CT molecular complexity index is 373. The summed E-state index contributed by atoms with van der Waals surface area (Å²) in [6.07, 6.45) is 0.979. The van der Waals surface area contributed by atoms with Crippen molar-refractivity contribution in [2.24, 2.45) is 5.92 Å². The van der Waals surface area contributed by atoms with Crippen molar-refractivity contribution in [3.8, 4) is 0 Å².